The van der Waals surface area contributed by atoms with Crippen molar-refractivity contribution in [1.29, 1.82) is 0 Å². The van der Waals surface area contributed by atoms with E-state index in [0.717, 1.165) is 28.1 Å². The van der Waals surface area contributed by atoms with E-state index in [9.17, 15) is 18.0 Å². The minimum absolute atomic E-state index is 0.178. The third-order valence-electron chi connectivity index (χ3n) is 4.69. The molecule has 0 fully saturated rings. The number of carbonyl (C=O) groups excluding carboxylic acids is 1. The Morgan fingerprint density at radius 2 is 1.84 bits per heavy atom. The van der Waals surface area contributed by atoms with Gasteiger partial charge in [-0.25, -0.2) is 15.0 Å². The zero-order valence-electron chi connectivity index (χ0n) is 16.2. The molecule has 0 bridgehead atoms. The largest absolute Gasteiger partial charge is 0.433 e. The fourth-order valence-corrected chi connectivity index (χ4v) is 3.14. The summed E-state index contributed by atoms with van der Waals surface area (Å²) in [6.07, 6.45) is -2.98. The monoisotopic (exact) mass is 423 g/mol. The Hall–Kier alpha value is -4.01. The number of nitrogen functional groups attached to an aromatic ring is 1. The van der Waals surface area contributed by atoms with E-state index in [1.807, 2.05) is 19.1 Å². The topological polar surface area (TPSA) is 93.8 Å². The van der Waals surface area contributed by atoms with E-state index in [1.54, 1.807) is 30.5 Å². The number of pyridine rings is 1. The first kappa shape index (κ1) is 20.3. The molecule has 0 spiro atoms. The lowest BCUT2D eigenvalue weighted by Crippen LogP contribution is -2.15. The van der Waals surface area contributed by atoms with Crippen molar-refractivity contribution in [2.75, 3.05) is 11.1 Å². The van der Waals surface area contributed by atoms with E-state index in [0.29, 0.717) is 5.52 Å². The molecule has 156 valence electrons. The predicted octanol–water partition coefficient (Wildman–Crippen LogP) is 4.85. The van der Waals surface area contributed by atoms with Crippen LogP contribution in [0.4, 0.5) is 24.9 Å². The molecule has 2 heterocycles. The Morgan fingerprint density at radius 3 is 2.61 bits per heavy atom. The summed E-state index contributed by atoms with van der Waals surface area (Å²) in [6, 6.07) is 13.9. The van der Waals surface area contributed by atoms with Gasteiger partial charge in [-0.1, -0.05) is 18.2 Å². The molecule has 0 radical (unpaired) electrons. The molecule has 2 aromatic heterocycles. The van der Waals surface area contributed by atoms with Gasteiger partial charge in [-0.3, -0.25) is 4.79 Å². The number of anilines is 2. The molecule has 0 aliphatic carbocycles. The number of nitrogens with one attached hydrogen (secondary N) is 1. The minimum Gasteiger partial charge on any atom is -0.368 e. The Morgan fingerprint density at radius 1 is 1.03 bits per heavy atom. The molecule has 9 heteroatoms. The molecule has 0 unspecified atom stereocenters. The summed E-state index contributed by atoms with van der Waals surface area (Å²) in [6.45, 7) is 1.90. The molecule has 0 atom stereocenters. The molecule has 0 aliphatic rings. The number of carbonyl (C=O) groups is 1. The van der Waals surface area contributed by atoms with Gasteiger partial charge in [-0.05, 0) is 60.0 Å². The molecule has 0 saturated carbocycles. The van der Waals surface area contributed by atoms with Crippen molar-refractivity contribution in [3.63, 3.8) is 0 Å². The quantitative estimate of drug-likeness (QED) is 0.491. The van der Waals surface area contributed by atoms with Gasteiger partial charge in [0.25, 0.3) is 5.91 Å². The van der Waals surface area contributed by atoms with Crippen LogP contribution in [0.25, 0.3) is 22.0 Å². The van der Waals surface area contributed by atoms with Crippen LogP contribution in [-0.4, -0.2) is 20.9 Å². The van der Waals surface area contributed by atoms with Gasteiger partial charge < -0.3 is 11.1 Å². The van der Waals surface area contributed by atoms with Gasteiger partial charge in [0.05, 0.1) is 5.52 Å². The maximum atomic E-state index is 12.9. The number of nitrogens with two attached hydrogens (primary N) is 1. The molecule has 0 saturated heterocycles. The van der Waals surface area contributed by atoms with Gasteiger partial charge in [0.1, 0.15) is 11.5 Å². The second kappa shape index (κ2) is 7.67. The molecule has 4 rings (SSSR count). The predicted molar refractivity (Wildman–Crippen MR) is 111 cm³/mol. The number of halogens is 3. The van der Waals surface area contributed by atoms with E-state index in [1.165, 1.54) is 12.1 Å². The number of aromatic nitrogens is 3. The molecule has 6 nitrogen and oxygen atoms in total. The Kier molecular flexibility index (Phi) is 5.02. The number of benzene rings is 2. The smallest absolute Gasteiger partial charge is 0.368 e. The minimum atomic E-state index is -4.60. The number of hydrogen-bond donors (Lipinski definition) is 2. The fraction of sp³-hybridized carbons (Fsp3) is 0.0909. The summed E-state index contributed by atoms with van der Waals surface area (Å²) in [7, 11) is 0. The van der Waals surface area contributed by atoms with Gasteiger partial charge in [-0.2, -0.15) is 13.2 Å². The molecule has 0 aliphatic heterocycles. The maximum Gasteiger partial charge on any atom is 0.433 e. The van der Waals surface area contributed by atoms with Crippen LogP contribution in [0.3, 0.4) is 0 Å². The Bertz CT molecular complexity index is 1300. The van der Waals surface area contributed by atoms with Crippen molar-refractivity contribution in [3.05, 3.63) is 77.6 Å². The fourth-order valence-electron chi connectivity index (χ4n) is 3.14. The van der Waals surface area contributed by atoms with E-state index >= 15 is 0 Å². The number of amides is 1. The number of fused-ring (bicyclic) bond motifs is 1. The van der Waals surface area contributed by atoms with Crippen LogP contribution < -0.4 is 11.1 Å². The number of nitrogens with zero attached hydrogens (tertiary/aromatic N) is 3. The van der Waals surface area contributed by atoms with Crippen molar-refractivity contribution in [2.45, 2.75) is 13.1 Å². The normalized spacial score (nSPS) is 11.5. The summed E-state index contributed by atoms with van der Waals surface area (Å²) in [5, 5.41) is 3.21. The van der Waals surface area contributed by atoms with Crippen LogP contribution >= 0.6 is 0 Å². The standard InChI is InChI=1S/C22H16F3N5O/c1-12-5-6-14(20(31)30-19-4-2-3-18(29-19)22(23,24)25)10-16(12)13-7-8-17-15(9-13)11-27-21(26)28-17/h2-11H,1H3,(H2,26,27,28)(H,29,30,31). The van der Waals surface area contributed by atoms with Crippen molar-refractivity contribution in [2.24, 2.45) is 0 Å². The zero-order chi connectivity index (χ0) is 22.2. The lowest BCUT2D eigenvalue weighted by Gasteiger charge is -2.11. The average molecular weight is 423 g/mol. The second-order valence-corrected chi connectivity index (χ2v) is 6.89. The second-order valence-electron chi connectivity index (χ2n) is 6.89. The highest BCUT2D eigenvalue weighted by Gasteiger charge is 2.32. The highest BCUT2D eigenvalue weighted by atomic mass is 19.4. The van der Waals surface area contributed by atoms with Gasteiger partial charge in [0, 0.05) is 17.1 Å². The van der Waals surface area contributed by atoms with Crippen LogP contribution in [0.15, 0.2) is 60.8 Å². The average Bonchev–Trinajstić information content (AvgIpc) is 2.73. The third kappa shape index (κ3) is 4.30. The van der Waals surface area contributed by atoms with Gasteiger partial charge >= 0.3 is 6.18 Å². The first-order valence-electron chi connectivity index (χ1n) is 9.19. The highest BCUT2D eigenvalue weighted by molar-refractivity contribution is 6.04. The Balaban J connectivity index is 1.65. The molecule has 2 aromatic carbocycles. The zero-order valence-corrected chi connectivity index (χ0v) is 16.2. The number of alkyl halides is 3. The number of rotatable bonds is 3. The summed E-state index contributed by atoms with van der Waals surface area (Å²) in [5.74, 6) is -0.564. The van der Waals surface area contributed by atoms with Crippen LogP contribution in [0.1, 0.15) is 21.6 Å². The van der Waals surface area contributed by atoms with Crippen LogP contribution in [0, 0.1) is 6.92 Å². The molecular formula is C22H16F3N5O. The Labute approximate surface area is 175 Å². The van der Waals surface area contributed by atoms with Crippen LogP contribution in [-0.2, 0) is 6.18 Å². The van der Waals surface area contributed by atoms with Crippen molar-refractivity contribution < 1.29 is 18.0 Å². The van der Waals surface area contributed by atoms with E-state index in [4.69, 9.17) is 5.73 Å². The van der Waals surface area contributed by atoms with Gasteiger partial charge in [0.15, 0.2) is 0 Å². The van der Waals surface area contributed by atoms with Crippen LogP contribution in [0.5, 0.6) is 0 Å². The van der Waals surface area contributed by atoms with E-state index in [2.05, 4.69) is 20.3 Å². The summed E-state index contributed by atoms with van der Waals surface area (Å²) < 4.78 is 38.6. The van der Waals surface area contributed by atoms with Crippen molar-refractivity contribution >= 4 is 28.6 Å². The van der Waals surface area contributed by atoms with Crippen LogP contribution in [0.2, 0.25) is 0 Å². The highest BCUT2D eigenvalue weighted by Crippen LogP contribution is 2.29. The number of aryl methyl sites for hydroxylation is 1. The molecule has 4 aromatic rings. The maximum absolute atomic E-state index is 12.9. The lowest BCUT2D eigenvalue weighted by atomic mass is 9.97. The first-order valence-corrected chi connectivity index (χ1v) is 9.19. The van der Waals surface area contributed by atoms with Gasteiger partial charge in [-0.15, -0.1) is 0 Å². The summed E-state index contributed by atoms with van der Waals surface area (Å²) >= 11 is 0. The third-order valence-corrected chi connectivity index (χ3v) is 4.69. The lowest BCUT2D eigenvalue weighted by molar-refractivity contribution is -0.141. The molecule has 31 heavy (non-hydrogen) atoms. The number of hydrogen-bond acceptors (Lipinski definition) is 5. The van der Waals surface area contributed by atoms with E-state index in [-0.39, 0.29) is 17.3 Å². The van der Waals surface area contributed by atoms with Crippen molar-refractivity contribution in [1.82, 2.24) is 15.0 Å². The van der Waals surface area contributed by atoms with E-state index < -0.39 is 17.8 Å². The first-order chi connectivity index (χ1) is 14.7. The summed E-state index contributed by atoms with van der Waals surface area (Å²) in [5.41, 5.74) is 8.07. The summed E-state index contributed by atoms with van der Waals surface area (Å²) in [4.78, 5) is 24.3. The molecular weight excluding hydrogens is 407 g/mol. The molecule has 3 N–H and O–H groups in total. The SMILES string of the molecule is Cc1ccc(C(=O)Nc2cccc(C(F)(F)F)n2)cc1-c1ccc2nc(N)ncc2c1. The van der Waals surface area contributed by atoms with Gasteiger partial charge in [0.2, 0.25) is 5.95 Å². The van der Waals surface area contributed by atoms with Crippen molar-refractivity contribution in [3.8, 4) is 11.1 Å². The molecule has 1 amide bonds.